The zero-order valence-corrected chi connectivity index (χ0v) is 15.5. The van der Waals surface area contributed by atoms with Gasteiger partial charge in [-0.1, -0.05) is 36.4 Å². The average molecular weight is 356 g/mol. The van der Waals surface area contributed by atoms with Gasteiger partial charge in [0.15, 0.2) is 17.9 Å². The molecule has 0 bridgehead atoms. The van der Waals surface area contributed by atoms with Gasteiger partial charge in [0, 0.05) is 0 Å². The molecular weight excluding hydrogens is 332 g/mol. The van der Waals surface area contributed by atoms with Crippen LogP contribution in [0.15, 0.2) is 36.4 Å². The fraction of sp³-hybridized carbons (Fsp3) is 0.476. The van der Waals surface area contributed by atoms with E-state index in [9.17, 15) is 4.79 Å². The van der Waals surface area contributed by atoms with Gasteiger partial charge in [-0.25, -0.2) is 0 Å². The number of aryl methyl sites for hydroxylation is 1. The van der Waals surface area contributed by atoms with Crippen LogP contribution in [0.2, 0.25) is 0 Å². The van der Waals surface area contributed by atoms with Crippen LogP contribution in [0, 0.1) is 6.92 Å². The van der Waals surface area contributed by atoms with E-state index in [4.69, 9.17) is 18.9 Å². The minimum absolute atomic E-state index is 0.0796. The van der Waals surface area contributed by atoms with E-state index in [-0.39, 0.29) is 5.78 Å². The summed E-state index contributed by atoms with van der Waals surface area (Å²) in [6, 6.07) is 12.4. The maximum atomic E-state index is 12.0. The van der Waals surface area contributed by atoms with Crippen molar-refractivity contribution in [3.8, 4) is 0 Å². The lowest BCUT2D eigenvalue weighted by molar-refractivity contribution is -0.218. The first-order valence-electron chi connectivity index (χ1n) is 8.96. The Morgan fingerprint density at radius 2 is 1.92 bits per heavy atom. The van der Waals surface area contributed by atoms with Crippen LogP contribution in [0.4, 0.5) is 0 Å². The zero-order chi connectivity index (χ0) is 18.5. The molecule has 2 saturated heterocycles. The molecule has 2 fully saturated rings. The third kappa shape index (κ3) is 3.05. The van der Waals surface area contributed by atoms with Crippen LogP contribution in [0.3, 0.4) is 0 Å². The van der Waals surface area contributed by atoms with Gasteiger partial charge in [0.1, 0.15) is 18.3 Å². The molecule has 2 heterocycles. The van der Waals surface area contributed by atoms with Crippen molar-refractivity contribution >= 4 is 16.6 Å². The fourth-order valence-corrected chi connectivity index (χ4v) is 3.80. The quantitative estimate of drug-likeness (QED) is 0.839. The highest BCUT2D eigenvalue weighted by Gasteiger charge is 2.56. The molecule has 0 aromatic heterocycles. The number of rotatable bonds is 4. The second-order valence-electron chi connectivity index (χ2n) is 7.49. The van der Waals surface area contributed by atoms with Crippen molar-refractivity contribution in [2.24, 2.45) is 0 Å². The molecule has 0 amide bonds. The molecular formula is C21H24O5. The number of carbonyl (C=O) groups excluding carboxylic acids is 1. The number of fused-ring (bicyclic) bond motifs is 2. The molecule has 2 aromatic rings. The molecule has 5 heteroatoms. The summed E-state index contributed by atoms with van der Waals surface area (Å²) in [7, 11) is 0. The van der Waals surface area contributed by atoms with Crippen LogP contribution in [0.1, 0.15) is 31.9 Å². The van der Waals surface area contributed by atoms with Crippen molar-refractivity contribution in [2.75, 3.05) is 0 Å². The molecule has 2 aromatic carbocycles. The maximum Gasteiger partial charge on any atom is 0.190 e. The highest BCUT2D eigenvalue weighted by Crippen LogP contribution is 2.39. The summed E-state index contributed by atoms with van der Waals surface area (Å²) in [4.78, 5) is 12.0. The van der Waals surface area contributed by atoms with Gasteiger partial charge in [0.25, 0.3) is 0 Å². The molecule has 0 N–H and O–H groups in total. The number of hydrogen-bond donors (Lipinski definition) is 0. The molecule has 0 unspecified atom stereocenters. The van der Waals surface area contributed by atoms with Crippen molar-refractivity contribution in [1.29, 1.82) is 0 Å². The van der Waals surface area contributed by atoms with E-state index >= 15 is 0 Å². The average Bonchev–Trinajstić information content (AvgIpc) is 3.06. The lowest BCUT2D eigenvalue weighted by atomic mass is 10.00. The highest BCUT2D eigenvalue weighted by molar-refractivity contribution is 5.86. The molecule has 4 rings (SSSR count). The Labute approximate surface area is 153 Å². The van der Waals surface area contributed by atoms with E-state index in [0.717, 1.165) is 16.5 Å². The Balaban J connectivity index is 1.60. The van der Waals surface area contributed by atoms with Crippen LogP contribution in [-0.2, 0) is 30.3 Å². The van der Waals surface area contributed by atoms with Crippen LogP contribution in [0.25, 0.3) is 10.8 Å². The van der Waals surface area contributed by atoms with Crippen LogP contribution >= 0.6 is 0 Å². The molecule has 0 aliphatic carbocycles. The molecule has 2 aliphatic rings. The monoisotopic (exact) mass is 356 g/mol. The highest BCUT2D eigenvalue weighted by atomic mass is 16.8. The topological polar surface area (TPSA) is 54.0 Å². The molecule has 26 heavy (non-hydrogen) atoms. The third-order valence-electron chi connectivity index (χ3n) is 5.09. The molecule has 4 atom stereocenters. The zero-order valence-electron chi connectivity index (χ0n) is 15.5. The first kappa shape index (κ1) is 17.6. The summed E-state index contributed by atoms with van der Waals surface area (Å²) in [6.45, 7) is 7.64. The number of Topliss-reactive ketones (excluding diaryl/α,β-unsaturated/α-hetero) is 1. The lowest BCUT2D eigenvalue weighted by Gasteiger charge is -2.25. The van der Waals surface area contributed by atoms with Gasteiger partial charge in [0.05, 0.1) is 6.61 Å². The molecule has 138 valence electrons. The number of hydrogen-bond acceptors (Lipinski definition) is 5. The van der Waals surface area contributed by atoms with Crippen molar-refractivity contribution < 1.29 is 23.7 Å². The minimum atomic E-state index is -0.742. The summed E-state index contributed by atoms with van der Waals surface area (Å²) in [5.41, 5.74) is 2.27. The Kier molecular flexibility index (Phi) is 4.35. The van der Waals surface area contributed by atoms with Gasteiger partial charge in [-0.05, 0) is 49.6 Å². The predicted octanol–water partition coefficient (Wildman–Crippen LogP) is 3.50. The largest absolute Gasteiger partial charge is 0.367 e. The fourth-order valence-electron chi connectivity index (χ4n) is 3.80. The first-order valence-corrected chi connectivity index (χ1v) is 8.96. The van der Waals surface area contributed by atoms with E-state index in [1.807, 2.05) is 26.0 Å². The smallest absolute Gasteiger partial charge is 0.190 e. The molecule has 0 radical (unpaired) electrons. The van der Waals surface area contributed by atoms with E-state index in [1.54, 1.807) is 0 Å². The molecule has 2 aliphatic heterocycles. The maximum absolute atomic E-state index is 12.0. The Morgan fingerprint density at radius 3 is 2.69 bits per heavy atom. The van der Waals surface area contributed by atoms with Crippen molar-refractivity contribution in [3.05, 3.63) is 47.5 Å². The van der Waals surface area contributed by atoms with Gasteiger partial charge in [-0.2, -0.15) is 0 Å². The lowest BCUT2D eigenvalue weighted by Crippen LogP contribution is -2.39. The van der Waals surface area contributed by atoms with E-state index in [1.165, 1.54) is 12.3 Å². The Hall–Kier alpha value is -1.79. The second kappa shape index (κ2) is 6.43. The van der Waals surface area contributed by atoms with Crippen molar-refractivity contribution in [2.45, 2.75) is 64.7 Å². The second-order valence-corrected chi connectivity index (χ2v) is 7.49. The molecule has 0 saturated carbocycles. The SMILES string of the molecule is CC(=O)[C@H]1O[C@@H]2OC(C)(C)O[C@@H]2[C@H]1OCc1c(C)ccc2ccccc12. The van der Waals surface area contributed by atoms with Crippen molar-refractivity contribution in [3.63, 3.8) is 0 Å². The van der Waals surface area contributed by atoms with Crippen molar-refractivity contribution in [1.82, 2.24) is 0 Å². The number of benzene rings is 2. The normalized spacial score (nSPS) is 29.8. The number of carbonyl (C=O) groups is 1. The van der Waals surface area contributed by atoms with Gasteiger partial charge in [-0.3, -0.25) is 4.79 Å². The molecule has 0 spiro atoms. The van der Waals surface area contributed by atoms with Crippen LogP contribution in [0.5, 0.6) is 0 Å². The number of ketones is 1. The summed E-state index contributed by atoms with van der Waals surface area (Å²) < 4.78 is 23.7. The van der Waals surface area contributed by atoms with E-state index in [2.05, 4.69) is 31.2 Å². The standard InChI is InChI=1S/C21H24O5/c1-12-9-10-14-7-5-6-8-15(14)16(12)11-23-18-17(13(2)22)24-20-19(18)25-21(3,4)26-20/h5-10,17-20H,11H2,1-4H3/t17-,18+,19-,20-/m1/s1. The number of ether oxygens (including phenoxy) is 4. The van der Waals surface area contributed by atoms with E-state index < -0.39 is 30.4 Å². The van der Waals surface area contributed by atoms with Gasteiger partial charge >= 0.3 is 0 Å². The Bertz CT molecular complexity index is 843. The summed E-state index contributed by atoms with van der Waals surface area (Å²) in [5, 5.41) is 2.33. The summed E-state index contributed by atoms with van der Waals surface area (Å²) in [5.74, 6) is -0.822. The van der Waals surface area contributed by atoms with Crippen LogP contribution < -0.4 is 0 Å². The first-order chi connectivity index (χ1) is 12.4. The summed E-state index contributed by atoms with van der Waals surface area (Å²) >= 11 is 0. The Morgan fingerprint density at radius 1 is 1.15 bits per heavy atom. The van der Waals surface area contributed by atoms with Gasteiger partial charge in [-0.15, -0.1) is 0 Å². The van der Waals surface area contributed by atoms with Crippen LogP contribution in [-0.4, -0.2) is 36.2 Å². The molecule has 5 nitrogen and oxygen atoms in total. The van der Waals surface area contributed by atoms with Gasteiger partial charge < -0.3 is 18.9 Å². The van der Waals surface area contributed by atoms with E-state index in [0.29, 0.717) is 6.61 Å². The predicted molar refractivity (Wildman–Crippen MR) is 96.6 cm³/mol. The van der Waals surface area contributed by atoms with Gasteiger partial charge in [0.2, 0.25) is 0 Å². The third-order valence-corrected chi connectivity index (χ3v) is 5.09. The summed E-state index contributed by atoms with van der Waals surface area (Å²) in [6.07, 6.45) is -2.14. The minimum Gasteiger partial charge on any atom is -0.367 e.